The van der Waals surface area contributed by atoms with Crippen LogP contribution in [0.1, 0.15) is 24.5 Å². The van der Waals surface area contributed by atoms with Crippen molar-refractivity contribution in [2.24, 2.45) is 14.1 Å². The zero-order chi connectivity index (χ0) is 15.1. The van der Waals surface area contributed by atoms with E-state index in [0.717, 1.165) is 36.4 Å². The summed E-state index contributed by atoms with van der Waals surface area (Å²) in [5.74, 6) is 1.48. The van der Waals surface area contributed by atoms with E-state index in [-0.39, 0.29) is 0 Å². The fraction of sp³-hybridized carbons (Fsp3) is 0.467. The molecule has 1 fully saturated rings. The SMILES string of the molecule is Cn1nccc1C1CCCN(c2ncnc3c2cnn3C)C1. The van der Waals surface area contributed by atoms with Gasteiger partial charge in [0.15, 0.2) is 5.65 Å². The molecule has 1 saturated heterocycles. The molecule has 3 aromatic rings. The van der Waals surface area contributed by atoms with Crippen LogP contribution < -0.4 is 4.90 Å². The highest BCUT2D eigenvalue weighted by atomic mass is 15.3. The number of aromatic nitrogens is 6. The molecule has 7 heteroatoms. The van der Waals surface area contributed by atoms with Gasteiger partial charge < -0.3 is 4.90 Å². The molecular weight excluding hydrogens is 278 g/mol. The molecule has 4 rings (SSSR count). The average Bonchev–Trinajstić information content (AvgIpc) is 3.14. The second-order valence-electron chi connectivity index (χ2n) is 5.87. The van der Waals surface area contributed by atoms with Gasteiger partial charge in [0, 0.05) is 45.0 Å². The van der Waals surface area contributed by atoms with E-state index in [1.54, 1.807) is 11.0 Å². The molecule has 0 saturated carbocycles. The Hall–Kier alpha value is -2.44. The number of rotatable bonds is 2. The van der Waals surface area contributed by atoms with Crippen LogP contribution in [0, 0.1) is 0 Å². The minimum atomic E-state index is 0.489. The van der Waals surface area contributed by atoms with Gasteiger partial charge in [-0.1, -0.05) is 0 Å². The number of hydrogen-bond donors (Lipinski definition) is 0. The summed E-state index contributed by atoms with van der Waals surface area (Å²) in [6.07, 6.45) is 7.71. The first-order valence-corrected chi connectivity index (χ1v) is 7.59. The molecule has 114 valence electrons. The number of aryl methyl sites for hydroxylation is 2. The highest BCUT2D eigenvalue weighted by molar-refractivity contribution is 5.86. The Morgan fingerprint density at radius 3 is 2.86 bits per heavy atom. The van der Waals surface area contributed by atoms with Crippen molar-refractivity contribution in [3.63, 3.8) is 0 Å². The Bertz CT molecular complexity index is 803. The molecule has 7 nitrogen and oxygen atoms in total. The number of fused-ring (bicyclic) bond motifs is 1. The van der Waals surface area contributed by atoms with E-state index in [1.807, 2.05) is 31.2 Å². The van der Waals surface area contributed by atoms with E-state index in [2.05, 4.69) is 31.1 Å². The van der Waals surface area contributed by atoms with Crippen LogP contribution in [0.25, 0.3) is 11.0 Å². The normalized spacial score (nSPS) is 19.0. The fourth-order valence-corrected chi connectivity index (χ4v) is 3.40. The third-order valence-corrected chi connectivity index (χ3v) is 4.51. The van der Waals surface area contributed by atoms with E-state index in [1.165, 1.54) is 12.1 Å². The third-order valence-electron chi connectivity index (χ3n) is 4.51. The highest BCUT2D eigenvalue weighted by Gasteiger charge is 2.25. The van der Waals surface area contributed by atoms with E-state index in [9.17, 15) is 0 Å². The van der Waals surface area contributed by atoms with Gasteiger partial charge in [-0.3, -0.25) is 9.36 Å². The number of piperidine rings is 1. The molecule has 0 bridgehead atoms. The summed E-state index contributed by atoms with van der Waals surface area (Å²) in [6, 6.07) is 2.12. The van der Waals surface area contributed by atoms with E-state index in [4.69, 9.17) is 0 Å². The summed E-state index contributed by atoms with van der Waals surface area (Å²) in [7, 11) is 3.92. The van der Waals surface area contributed by atoms with Crippen molar-refractivity contribution in [3.8, 4) is 0 Å². The number of anilines is 1. The number of hydrogen-bond acceptors (Lipinski definition) is 5. The molecule has 4 heterocycles. The first-order chi connectivity index (χ1) is 10.7. The minimum Gasteiger partial charge on any atom is -0.355 e. The van der Waals surface area contributed by atoms with Crippen LogP contribution >= 0.6 is 0 Å². The van der Waals surface area contributed by atoms with Gasteiger partial charge in [-0.05, 0) is 18.9 Å². The smallest absolute Gasteiger partial charge is 0.163 e. The maximum Gasteiger partial charge on any atom is 0.163 e. The monoisotopic (exact) mass is 297 g/mol. The van der Waals surface area contributed by atoms with E-state index in [0.29, 0.717) is 5.92 Å². The van der Waals surface area contributed by atoms with Crippen molar-refractivity contribution >= 4 is 16.9 Å². The van der Waals surface area contributed by atoms with Gasteiger partial charge in [0.25, 0.3) is 0 Å². The molecule has 0 aromatic carbocycles. The van der Waals surface area contributed by atoms with E-state index < -0.39 is 0 Å². The molecule has 0 radical (unpaired) electrons. The Labute approximate surface area is 128 Å². The topological polar surface area (TPSA) is 64.7 Å². The van der Waals surface area contributed by atoms with Crippen molar-refractivity contribution in [1.29, 1.82) is 0 Å². The van der Waals surface area contributed by atoms with Crippen LogP contribution in [-0.2, 0) is 14.1 Å². The van der Waals surface area contributed by atoms with E-state index >= 15 is 0 Å². The van der Waals surface area contributed by atoms with Crippen molar-refractivity contribution < 1.29 is 0 Å². The van der Waals surface area contributed by atoms with Crippen LogP contribution in [0.2, 0.25) is 0 Å². The third kappa shape index (κ3) is 2.04. The highest BCUT2D eigenvalue weighted by Crippen LogP contribution is 2.31. The quantitative estimate of drug-likeness (QED) is 0.717. The maximum absolute atomic E-state index is 4.52. The Kier molecular flexibility index (Phi) is 3.06. The first-order valence-electron chi connectivity index (χ1n) is 7.59. The Balaban J connectivity index is 1.68. The molecule has 1 aliphatic heterocycles. The summed E-state index contributed by atoms with van der Waals surface area (Å²) in [5.41, 5.74) is 2.17. The lowest BCUT2D eigenvalue weighted by Gasteiger charge is -2.33. The lowest BCUT2D eigenvalue weighted by atomic mass is 9.94. The van der Waals surface area contributed by atoms with Crippen LogP contribution in [-0.4, -0.2) is 42.6 Å². The molecule has 1 aliphatic rings. The number of nitrogens with zero attached hydrogens (tertiary/aromatic N) is 7. The second-order valence-corrected chi connectivity index (χ2v) is 5.87. The molecule has 0 amide bonds. The van der Waals surface area contributed by atoms with Crippen molar-refractivity contribution in [1.82, 2.24) is 29.5 Å². The standard InChI is InChI=1S/C15H19N7/c1-20-13(5-6-18-20)11-4-3-7-22(9-11)15-12-8-19-21(2)14(12)16-10-17-15/h5-6,8,10-11H,3-4,7,9H2,1-2H3. The summed E-state index contributed by atoms with van der Waals surface area (Å²) in [6.45, 7) is 1.98. The molecular formula is C15H19N7. The van der Waals surface area contributed by atoms with Crippen LogP contribution in [0.3, 0.4) is 0 Å². The predicted molar refractivity (Wildman–Crippen MR) is 83.7 cm³/mol. The van der Waals surface area contributed by atoms with Crippen LogP contribution in [0.4, 0.5) is 5.82 Å². The van der Waals surface area contributed by atoms with Gasteiger partial charge in [-0.15, -0.1) is 0 Å². The molecule has 0 spiro atoms. The lowest BCUT2D eigenvalue weighted by Crippen LogP contribution is -2.35. The predicted octanol–water partition coefficient (Wildman–Crippen LogP) is 1.48. The zero-order valence-corrected chi connectivity index (χ0v) is 12.8. The lowest BCUT2D eigenvalue weighted by molar-refractivity contribution is 0.481. The van der Waals surface area contributed by atoms with Crippen molar-refractivity contribution in [2.45, 2.75) is 18.8 Å². The largest absolute Gasteiger partial charge is 0.355 e. The summed E-state index contributed by atoms with van der Waals surface area (Å²) >= 11 is 0. The maximum atomic E-state index is 4.52. The summed E-state index contributed by atoms with van der Waals surface area (Å²) in [4.78, 5) is 11.2. The molecule has 0 N–H and O–H groups in total. The van der Waals surface area contributed by atoms with Crippen molar-refractivity contribution in [3.05, 3.63) is 30.5 Å². The second kappa shape index (κ2) is 5.08. The Morgan fingerprint density at radius 2 is 2.05 bits per heavy atom. The van der Waals surface area contributed by atoms with Gasteiger partial charge in [-0.25, -0.2) is 9.97 Å². The average molecular weight is 297 g/mol. The van der Waals surface area contributed by atoms with Gasteiger partial charge in [-0.2, -0.15) is 10.2 Å². The molecule has 1 atom stereocenters. The fourth-order valence-electron chi connectivity index (χ4n) is 3.40. The van der Waals surface area contributed by atoms with Gasteiger partial charge in [0.2, 0.25) is 0 Å². The van der Waals surface area contributed by atoms with Gasteiger partial charge in [0.05, 0.1) is 11.6 Å². The zero-order valence-electron chi connectivity index (χ0n) is 12.8. The van der Waals surface area contributed by atoms with Crippen LogP contribution in [0.5, 0.6) is 0 Å². The minimum absolute atomic E-state index is 0.489. The first kappa shape index (κ1) is 13.2. The van der Waals surface area contributed by atoms with Gasteiger partial charge >= 0.3 is 0 Å². The molecule has 3 aromatic heterocycles. The summed E-state index contributed by atoms with van der Waals surface area (Å²) < 4.78 is 3.77. The summed E-state index contributed by atoms with van der Waals surface area (Å²) in [5, 5.41) is 9.63. The molecule has 22 heavy (non-hydrogen) atoms. The Morgan fingerprint density at radius 1 is 1.14 bits per heavy atom. The molecule has 1 unspecified atom stereocenters. The van der Waals surface area contributed by atoms with Gasteiger partial charge in [0.1, 0.15) is 12.1 Å². The molecule has 0 aliphatic carbocycles. The van der Waals surface area contributed by atoms with Crippen LogP contribution in [0.15, 0.2) is 24.8 Å². The van der Waals surface area contributed by atoms with Crippen molar-refractivity contribution in [2.75, 3.05) is 18.0 Å².